The van der Waals surface area contributed by atoms with Crippen molar-refractivity contribution in [3.63, 3.8) is 0 Å². The van der Waals surface area contributed by atoms with Crippen LogP contribution in [0.15, 0.2) is 40.3 Å². The van der Waals surface area contributed by atoms with Gasteiger partial charge in [-0.05, 0) is 37.1 Å². The van der Waals surface area contributed by atoms with Gasteiger partial charge in [-0.1, -0.05) is 32.0 Å². The minimum atomic E-state index is -0.407. The summed E-state index contributed by atoms with van der Waals surface area (Å²) in [6.07, 6.45) is 2.18. The van der Waals surface area contributed by atoms with Crippen molar-refractivity contribution in [3.8, 4) is 0 Å². The first-order chi connectivity index (χ1) is 11.5. The molecule has 1 amide bonds. The maximum atomic E-state index is 12.9. The number of thioether (sulfide) groups is 1. The Morgan fingerprint density at radius 1 is 1.33 bits per heavy atom. The van der Waals surface area contributed by atoms with E-state index in [-0.39, 0.29) is 17.3 Å². The molecule has 0 radical (unpaired) electrons. The molecule has 0 aliphatic rings. The van der Waals surface area contributed by atoms with Crippen LogP contribution in [0.25, 0.3) is 0 Å². The molecule has 2 N–H and O–H groups in total. The van der Waals surface area contributed by atoms with Gasteiger partial charge in [0.05, 0.1) is 5.25 Å². The van der Waals surface area contributed by atoms with E-state index >= 15 is 0 Å². The summed E-state index contributed by atoms with van der Waals surface area (Å²) in [6, 6.07) is 7.07. The molecular formula is C17H20FN3O2S. The molecule has 2 rings (SSSR count). The lowest BCUT2D eigenvalue weighted by Crippen LogP contribution is -2.25. The lowest BCUT2D eigenvalue weighted by molar-refractivity contribution is -0.115. The zero-order valence-electron chi connectivity index (χ0n) is 13.6. The molecule has 1 heterocycles. The molecule has 7 heteroatoms. The Balaban J connectivity index is 2.09. The van der Waals surface area contributed by atoms with Crippen LogP contribution in [-0.4, -0.2) is 21.1 Å². The van der Waals surface area contributed by atoms with E-state index in [1.54, 1.807) is 0 Å². The van der Waals surface area contributed by atoms with E-state index in [0.29, 0.717) is 17.3 Å². The van der Waals surface area contributed by atoms with Crippen molar-refractivity contribution >= 4 is 23.4 Å². The first-order valence-electron chi connectivity index (χ1n) is 7.85. The van der Waals surface area contributed by atoms with E-state index in [0.717, 1.165) is 18.5 Å². The zero-order chi connectivity index (χ0) is 17.5. The van der Waals surface area contributed by atoms with Crippen LogP contribution >= 0.6 is 11.8 Å². The fourth-order valence-corrected chi connectivity index (χ4v) is 3.07. The monoisotopic (exact) mass is 349 g/mol. The van der Waals surface area contributed by atoms with Crippen molar-refractivity contribution in [2.75, 3.05) is 5.32 Å². The number of H-pyrrole nitrogens is 1. The van der Waals surface area contributed by atoms with Crippen LogP contribution in [0.2, 0.25) is 0 Å². The second kappa shape index (κ2) is 8.63. The SMILES string of the molecule is CCCc1cc(=O)[nH]c(SC(CC)C(=O)Nc2ccc(F)cc2)n1. The highest BCUT2D eigenvalue weighted by atomic mass is 32.2. The summed E-state index contributed by atoms with van der Waals surface area (Å²) in [6.45, 7) is 3.90. The van der Waals surface area contributed by atoms with E-state index < -0.39 is 5.25 Å². The Kier molecular flexibility index (Phi) is 6.54. The predicted molar refractivity (Wildman–Crippen MR) is 93.8 cm³/mol. The number of aromatic amines is 1. The van der Waals surface area contributed by atoms with Gasteiger partial charge in [0, 0.05) is 17.4 Å². The number of anilines is 1. The number of nitrogens with zero attached hydrogens (tertiary/aromatic N) is 1. The van der Waals surface area contributed by atoms with Crippen molar-refractivity contribution in [3.05, 3.63) is 52.2 Å². The van der Waals surface area contributed by atoms with Gasteiger partial charge in [-0.2, -0.15) is 0 Å². The molecule has 0 saturated heterocycles. The zero-order valence-corrected chi connectivity index (χ0v) is 14.5. The average molecular weight is 349 g/mol. The number of hydrogen-bond donors (Lipinski definition) is 2. The standard InChI is InChI=1S/C17H20FN3O2S/c1-3-5-13-10-15(22)21-17(20-13)24-14(4-2)16(23)19-12-8-6-11(18)7-9-12/h6-10,14H,3-5H2,1-2H3,(H,19,23)(H,20,21,22). The molecule has 128 valence electrons. The molecule has 0 aliphatic carbocycles. The molecule has 1 unspecified atom stereocenters. The Bertz CT molecular complexity index is 746. The molecule has 0 bridgehead atoms. The van der Waals surface area contributed by atoms with Gasteiger partial charge in [0.2, 0.25) is 5.91 Å². The Labute approximate surface area is 144 Å². The smallest absolute Gasteiger partial charge is 0.251 e. The molecule has 0 aliphatic heterocycles. The number of nitrogens with one attached hydrogen (secondary N) is 2. The highest BCUT2D eigenvalue weighted by Gasteiger charge is 2.19. The van der Waals surface area contributed by atoms with Gasteiger partial charge < -0.3 is 10.3 Å². The summed E-state index contributed by atoms with van der Waals surface area (Å²) in [5.74, 6) is -0.568. The van der Waals surface area contributed by atoms with Crippen LogP contribution in [0, 0.1) is 5.82 Å². The van der Waals surface area contributed by atoms with E-state index in [2.05, 4.69) is 15.3 Å². The lowest BCUT2D eigenvalue weighted by atomic mass is 10.2. The number of aryl methyl sites for hydroxylation is 1. The topological polar surface area (TPSA) is 74.8 Å². The van der Waals surface area contributed by atoms with E-state index in [1.165, 1.54) is 42.1 Å². The largest absolute Gasteiger partial charge is 0.325 e. The first-order valence-corrected chi connectivity index (χ1v) is 8.73. The van der Waals surface area contributed by atoms with Gasteiger partial charge in [0.15, 0.2) is 5.16 Å². The molecule has 0 fully saturated rings. The van der Waals surface area contributed by atoms with E-state index in [9.17, 15) is 14.0 Å². The third kappa shape index (κ3) is 5.19. The quantitative estimate of drug-likeness (QED) is 0.594. The average Bonchev–Trinajstić information content (AvgIpc) is 2.54. The maximum absolute atomic E-state index is 12.9. The molecule has 5 nitrogen and oxygen atoms in total. The Morgan fingerprint density at radius 2 is 2.04 bits per heavy atom. The van der Waals surface area contributed by atoms with Gasteiger partial charge in [-0.25, -0.2) is 9.37 Å². The lowest BCUT2D eigenvalue weighted by Gasteiger charge is -2.14. The summed E-state index contributed by atoms with van der Waals surface area (Å²) < 4.78 is 12.9. The molecule has 1 atom stereocenters. The Morgan fingerprint density at radius 3 is 2.67 bits per heavy atom. The molecule has 24 heavy (non-hydrogen) atoms. The molecular weight excluding hydrogens is 329 g/mol. The van der Waals surface area contributed by atoms with Crippen molar-refractivity contribution in [1.29, 1.82) is 0 Å². The van der Waals surface area contributed by atoms with Crippen LogP contribution in [0.4, 0.5) is 10.1 Å². The number of benzene rings is 1. The summed E-state index contributed by atoms with van der Waals surface area (Å²) >= 11 is 1.22. The minimum Gasteiger partial charge on any atom is -0.325 e. The molecule has 0 saturated carbocycles. The number of carbonyl (C=O) groups is 1. The summed E-state index contributed by atoms with van der Waals surface area (Å²) in [5.41, 5.74) is 1.03. The number of rotatable bonds is 7. The van der Waals surface area contributed by atoms with Gasteiger partial charge in [-0.3, -0.25) is 9.59 Å². The third-order valence-corrected chi connectivity index (χ3v) is 4.56. The van der Waals surface area contributed by atoms with Gasteiger partial charge in [-0.15, -0.1) is 0 Å². The van der Waals surface area contributed by atoms with Crippen molar-refractivity contribution in [1.82, 2.24) is 9.97 Å². The predicted octanol–water partition coefficient (Wildman–Crippen LogP) is 3.37. The fraction of sp³-hybridized carbons (Fsp3) is 0.353. The fourth-order valence-electron chi connectivity index (χ4n) is 2.14. The number of halogens is 1. The number of hydrogen-bond acceptors (Lipinski definition) is 4. The van der Waals surface area contributed by atoms with Crippen LogP contribution in [0.1, 0.15) is 32.4 Å². The second-order valence-corrected chi connectivity index (χ2v) is 6.49. The minimum absolute atomic E-state index is 0.211. The van der Waals surface area contributed by atoms with Gasteiger partial charge >= 0.3 is 0 Å². The first kappa shape index (κ1) is 18.2. The molecule has 0 spiro atoms. The maximum Gasteiger partial charge on any atom is 0.251 e. The summed E-state index contributed by atoms with van der Waals surface area (Å²) in [4.78, 5) is 31.1. The molecule has 1 aromatic heterocycles. The Hall–Kier alpha value is -2.15. The number of carbonyl (C=O) groups excluding carboxylic acids is 1. The van der Waals surface area contributed by atoms with Crippen molar-refractivity contribution in [2.45, 2.75) is 43.5 Å². The number of aromatic nitrogens is 2. The molecule has 2 aromatic rings. The normalized spacial score (nSPS) is 12.0. The van der Waals surface area contributed by atoms with E-state index in [4.69, 9.17) is 0 Å². The highest BCUT2D eigenvalue weighted by Crippen LogP contribution is 2.23. The van der Waals surface area contributed by atoms with Crippen LogP contribution in [-0.2, 0) is 11.2 Å². The van der Waals surface area contributed by atoms with Crippen LogP contribution < -0.4 is 10.9 Å². The van der Waals surface area contributed by atoms with Gasteiger partial charge in [0.1, 0.15) is 5.82 Å². The summed E-state index contributed by atoms with van der Waals surface area (Å²) in [5, 5.41) is 2.78. The van der Waals surface area contributed by atoms with Crippen molar-refractivity contribution < 1.29 is 9.18 Å². The number of amides is 1. The third-order valence-electron chi connectivity index (χ3n) is 3.31. The van der Waals surface area contributed by atoms with Gasteiger partial charge in [0.25, 0.3) is 5.56 Å². The van der Waals surface area contributed by atoms with E-state index in [1.807, 2.05) is 13.8 Å². The highest BCUT2D eigenvalue weighted by molar-refractivity contribution is 8.00. The molecule has 1 aromatic carbocycles. The second-order valence-electron chi connectivity index (χ2n) is 5.30. The van der Waals surface area contributed by atoms with Crippen LogP contribution in [0.5, 0.6) is 0 Å². The van der Waals surface area contributed by atoms with Crippen molar-refractivity contribution in [2.24, 2.45) is 0 Å². The van der Waals surface area contributed by atoms with Crippen LogP contribution in [0.3, 0.4) is 0 Å². The summed E-state index contributed by atoms with van der Waals surface area (Å²) in [7, 11) is 0.